The molecule has 0 saturated heterocycles. The fraction of sp³-hybridized carbons (Fsp3) is 0.167. The second-order valence-corrected chi connectivity index (χ2v) is 3.44. The smallest absolute Gasteiger partial charge is 0.411 e. The van der Waals surface area contributed by atoms with E-state index in [1.807, 2.05) is 12.1 Å². The lowest BCUT2D eigenvalue weighted by Crippen LogP contribution is -2.31. The highest BCUT2D eigenvalue weighted by atomic mass is 16.5. The third-order valence-corrected chi connectivity index (χ3v) is 2.31. The summed E-state index contributed by atoms with van der Waals surface area (Å²) in [4.78, 5) is 11.3. The number of anilines is 1. The van der Waals surface area contributed by atoms with Crippen LogP contribution >= 0.6 is 0 Å². The Bertz CT molecular complexity index is 549. The number of para-hydroxylation sites is 1. The van der Waals surface area contributed by atoms with Crippen LogP contribution < -0.4 is 10.0 Å². The monoisotopic (exact) mass is 233 g/mol. The Morgan fingerprint density at radius 3 is 2.94 bits per heavy atom. The van der Waals surface area contributed by atoms with E-state index in [1.165, 1.54) is 6.20 Å². The molecule has 0 aliphatic carbocycles. The third-order valence-electron chi connectivity index (χ3n) is 2.31. The minimum absolute atomic E-state index is 0.301. The number of nitrogens with one attached hydrogen (secondary N) is 1. The van der Waals surface area contributed by atoms with Gasteiger partial charge in [0.25, 0.3) is 5.52 Å². The molecule has 2 rings (SSSR count). The molecule has 5 nitrogen and oxygen atoms in total. The van der Waals surface area contributed by atoms with E-state index in [2.05, 4.69) is 5.32 Å². The van der Waals surface area contributed by atoms with Crippen molar-refractivity contribution < 1.29 is 19.5 Å². The van der Waals surface area contributed by atoms with E-state index in [0.29, 0.717) is 17.8 Å². The molecule has 17 heavy (non-hydrogen) atoms. The van der Waals surface area contributed by atoms with Crippen LogP contribution in [0.25, 0.3) is 10.9 Å². The largest absolute Gasteiger partial charge is 0.450 e. The van der Waals surface area contributed by atoms with E-state index in [4.69, 9.17) is 4.74 Å². The number of hydrogen-bond donors (Lipinski definition) is 2. The number of rotatable bonds is 2. The number of ether oxygens (including phenoxy) is 1. The standard InChI is InChI=1S/C12H12N2O3/c1-2-17-12(15)13-10-7-3-5-9-6-4-8-14(16)11(9)10/h3-8H,2H2,1H3,(H-,13,15,16)/p+1. The van der Waals surface area contributed by atoms with Crippen LogP contribution in [0.3, 0.4) is 0 Å². The summed E-state index contributed by atoms with van der Waals surface area (Å²) in [5.74, 6) is 0. The first-order valence-electron chi connectivity index (χ1n) is 5.29. The summed E-state index contributed by atoms with van der Waals surface area (Å²) in [6.07, 6.45) is 0.961. The van der Waals surface area contributed by atoms with Crippen molar-refractivity contribution in [2.45, 2.75) is 6.92 Å². The van der Waals surface area contributed by atoms with Gasteiger partial charge in [-0.2, -0.15) is 0 Å². The fourth-order valence-electron chi connectivity index (χ4n) is 1.63. The van der Waals surface area contributed by atoms with Gasteiger partial charge in [0, 0.05) is 10.8 Å². The van der Waals surface area contributed by atoms with E-state index < -0.39 is 6.09 Å². The fourth-order valence-corrected chi connectivity index (χ4v) is 1.63. The molecule has 0 aliphatic heterocycles. The van der Waals surface area contributed by atoms with Crippen molar-refractivity contribution in [2.75, 3.05) is 11.9 Å². The maximum Gasteiger partial charge on any atom is 0.411 e. The molecular formula is C12H13N2O3+. The average Bonchev–Trinajstić information content (AvgIpc) is 2.29. The minimum atomic E-state index is -0.538. The van der Waals surface area contributed by atoms with Crippen molar-refractivity contribution in [3.8, 4) is 0 Å². The zero-order chi connectivity index (χ0) is 12.3. The number of aromatic nitrogens is 1. The number of nitrogens with zero attached hydrogens (tertiary/aromatic N) is 1. The van der Waals surface area contributed by atoms with E-state index in [1.54, 1.807) is 25.1 Å². The van der Waals surface area contributed by atoms with Crippen LogP contribution in [0, 0.1) is 0 Å². The van der Waals surface area contributed by atoms with Crippen LogP contribution in [0.1, 0.15) is 6.92 Å². The molecule has 1 heterocycles. The summed E-state index contributed by atoms with van der Waals surface area (Å²) in [5.41, 5.74) is 1.03. The van der Waals surface area contributed by atoms with Gasteiger partial charge in [0.05, 0.1) is 12.0 Å². The van der Waals surface area contributed by atoms with Gasteiger partial charge in [-0.25, -0.2) is 4.79 Å². The highest BCUT2D eigenvalue weighted by molar-refractivity contribution is 5.96. The first-order chi connectivity index (χ1) is 8.22. The van der Waals surface area contributed by atoms with Crippen molar-refractivity contribution >= 4 is 22.7 Å². The lowest BCUT2D eigenvalue weighted by Gasteiger charge is -2.05. The van der Waals surface area contributed by atoms with Crippen LogP contribution in [-0.2, 0) is 4.74 Å². The molecule has 0 aliphatic rings. The van der Waals surface area contributed by atoms with E-state index in [9.17, 15) is 10.0 Å². The molecule has 0 spiro atoms. The van der Waals surface area contributed by atoms with Crippen LogP contribution in [-0.4, -0.2) is 17.9 Å². The molecule has 2 aromatic rings. The zero-order valence-electron chi connectivity index (χ0n) is 9.38. The van der Waals surface area contributed by atoms with Gasteiger partial charge in [0.15, 0.2) is 0 Å². The summed E-state index contributed by atoms with van der Waals surface area (Å²) < 4.78 is 5.76. The predicted octanol–water partition coefficient (Wildman–Crippen LogP) is 1.93. The predicted molar refractivity (Wildman–Crippen MR) is 62.0 cm³/mol. The van der Waals surface area contributed by atoms with Gasteiger partial charge >= 0.3 is 6.09 Å². The second kappa shape index (κ2) is 4.69. The molecule has 1 amide bonds. The van der Waals surface area contributed by atoms with Crippen molar-refractivity contribution in [1.29, 1.82) is 0 Å². The van der Waals surface area contributed by atoms with Crippen molar-refractivity contribution in [3.63, 3.8) is 0 Å². The molecule has 0 unspecified atom stereocenters. The number of benzene rings is 1. The SMILES string of the molecule is CCOC(=O)Nc1cccc2ccc[n+](O)c12. The molecule has 1 aromatic carbocycles. The summed E-state index contributed by atoms with van der Waals surface area (Å²) in [6.45, 7) is 2.03. The van der Waals surface area contributed by atoms with Gasteiger partial charge in [-0.3, -0.25) is 10.5 Å². The van der Waals surface area contributed by atoms with Gasteiger partial charge in [0.1, 0.15) is 5.69 Å². The Kier molecular flexibility index (Phi) is 3.09. The quantitative estimate of drug-likeness (QED) is 0.615. The molecule has 0 radical (unpaired) electrons. The van der Waals surface area contributed by atoms with Crippen molar-refractivity contribution in [3.05, 3.63) is 36.5 Å². The highest BCUT2D eigenvalue weighted by Gasteiger charge is 2.15. The molecule has 2 N–H and O–H groups in total. The third kappa shape index (κ3) is 2.28. The molecule has 0 saturated carbocycles. The summed E-state index contributed by atoms with van der Waals surface area (Å²) in [5, 5.41) is 13.1. The van der Waals surface area contributed by atoms with Gasteiger partial charge in [0.2, 0.25) is 6.20 Å². The molecule has 0 fully saturated rings. The molecule has 5 heteroatoms. The maximum atomic E-state index is 11.3. The molecular weight excluding hydrogens is 220 g/mol. The van der Waals surface area contributed by atoms with Gasteiger partial charge < -0.3 is 4.74 Å². The number of hydrogen-bond acceptors (Lipinski definition) is 3. The van der Waals surface area contributed by atoms with E-state index in [0.717, 1.165) is 10.1 Å². The van der Waals surface area contributed by atoms with Gasteiger partial charge in [-0.1, -0.05) is 6.07 Å². The normalized spacial score (nSPS) is 10.2. The first-order valence-corrected chi connectivity index (χ1v) is 5.29. The van der Waals surface area contributed by atoms with Gasteiger partial charge in [-0.15, -0.1) is 0 Å². The Hall–Kier alpha value is -2.30. The van der Waals surface area contributed by atoms with Gasteiger partial charge in [-0.05, 0) is 25.1 Å². The molecule has 0 atom stereocenters. The Labute approximate surface area is 98.2 Å². The average molecular weight is 233 g/mol. The lowest BCUT2D eigenvalue weighted by atomic mass is 10.2. The highest BCUT2D eigenvalue weighted by Crippen LogP contribution is 2.19. The summed E-state index contributed by atoms with van der Waals surface area (Å²) in [7, 11) is 0. The number of pyridine rings is 1. The van der Waals surface area contributed by atoms with E-state index >= 15 is 0 Å². The van der Waals surface area contributed by atoms with Crippen molar-refractivity contribution in [2.24, 2.45) is 0 Å². The van der Waals surface area contributed by atoms with Crippen LogP contribution in [0.15, 0.2) is 36.5 Å². The Morgan fingerprint density at radius 2 is 2.18 bits per heavy atom. The summed E-state index contributed by atoms with van der Waals surface area (Å²) >= 11 is 0. The molecule has 1 aromatic heterocycles. The lowest BCUT2D eigenvalue weighted by molar-refractivity contribution is -0.884. The number of carbonyl (C=O) groups excluding carboxylic acids is 1. The topological polar surface area (TPSA) is 62.4 Å². The Morgan fingerprint density at radius 1 is 1.41 bits per heavy atom. The number of fused-ring (bicyclic) bond motifs is 1. The second-order valence-electron chi connectivity index (χ2n) is 3.44. The van der Waals surface area contributed by atoms with Crippen molar-refractivity contribution in [1.82, 2.24) is 0 Å². The number of carbonyl (C=O) groups is 1. The minimum Gasteiger partial charge on any atom is -0.450 e. The number of amides is 1. The van der Waals surface area contributed by atoms with Crippen LogP contribution in [0.5, 0.6) is 0 Å². The van der Waals surface area contributed by atoms with Crippen LogP contribution in [0.4, 0.5) is 10.5 Å². The van der Waals surface area contributed by atoms with E-state index in [-0.39, 0.29) is 0 Å². The zero-order valence-corrected chi connectivity index (χ0v) is 9.38. The molecule has 88 valence electrons. The van der Waals surface area contributed by atoms with Crippen LogP contribution in [0.2, 0.25) is 0 Å². The maximum absolute atomic E-state index is 11.3. The molecule has 0 bridgehead atoms. The first kappa shape index (κ1) is 11.2. The summed E-state index contributed by atoms with van der Waals surface area (Å²) in [6, 6.07) is 8.91. The Balaban J connectivity index is 2.43.